The van der Waals surface area contributed by atoms with Crippen LogP contribution in [0.3, 0.4) is 0 Å². The molecular formula is C30H48O2. The second-order valence-electron chi connectivity index (χ2n) is 14.0. The van der Waals surface area contributed by atoms with Crippen LogP contribution < -0.4 is 0 Å². The normalized spacial score (nSPS) is 52.6. The number of hydrogen-bond donors (Lipinski definition) is 0. The van der Waals surface area contributed by atoms with Crippen molar-refractivity contribution in [1.82, 2.24) is 0 Å². The molecule has 2 nitrogen and oxygen atoms in total. The average Bonchev–Trinajstić information content (AvgIpc) is 2.88. The lowest BCUT2D eigenvalue weighted by atomic mass is 9.42. The van der Waals surface area contributed by atoms with Gasteiger partial charge in [-0.25, -0.2) is 0 Å². The van der Waals surface area contributed by atoms with Gasteiger partial charge in [0.05, 0.1) is 6.10 Å². The minimum absolute atomic E-state index is 0.255. The van der Waals surface area contributed by atoms with Gasteiger partial charge in [-0.05, 0) is 103 Å². The number of ketones is 1. The smallest absolute Gasteiger partial charge is 0.136 e. The summed E-state index contributed by atoms with van der Waals surface area (Å²) in [6.45, 7) is 15.1. The molecule has 0 aromatic heterocycles. The van der Waals surface area contributed by atoms with E-state index < -0.39 is 0 Å². The van der Waals surface area contributed by atoms with Crippen LogP contribution in [0.2, 0.25) is 0 Å². The van der Waals surface area contributed by atoms with Crippen molar-refractivity contribution < 1.29 is 9.53 Å². The van der Waals surface area contributed by atoms with Crippen molar-refractivity contribution in [1.29, 1.82) is 0 Å². The van der Waals surface area contributed by atoms with Gasteiger partial charge >= 0.3 is 0 Å². The zero-order valence-corrected chi connectivity index (χ0v) is 21.9. The van der Waals surface area contributed by atoms with Crippen molar-refractivity contribution in [2.45, 2.75) is 112 Å². The molecule has 0 aliphatic heterocycles. The summed E-state index contributed by atoms with van der Waals surface area (Å²) in [5.41, 5.74) is 3.11. The first-order chi connectivity index (χ1) is 15.0. The van der Waals surface area contributed by atoms with Gasteiger partial charge in [-0.3, -0.25) is 4.79 Å². The monoisotopic (exact) mass is 440 g/mol. The van der Waals surface area contributed by atoms with E-state index in [1.807, 2.05) is 7.11 Å². The van der Waals surface area contributed by atoms with Crippen LogP contribution in [-0.2, 0) is 9.53 Å². The predicted octanol–water partition coefficient (Wildman–Crippen LogP) is 7.61. The Labute approximate surface area is 197 Å². The number of ether oxygens (including phenoxy) is 1. The molecule has 4 fully saturated rings. The maximum absolute atomic E-state index is 12.6. The minimum Gasteiger partial charge on any atom is -0.381 e. The van der Waals surface area contributed by atoms with E-state index in [2.05, 4.69) is 47.6 Å². The summed E-state index contributed by atoms with van der Waals surface area (Å²) in [5.74, 6) is 3.61. The number of Topliss-reactive ketones (excluding diaryl/α,β-unsaturated/α-hetero) is 1. The van der Waals surface area contributed by atoms with Crippen LogP contribution in [0.1, 0.15) is 106 Å². The number of allylic oxidation sites excluding steroid dienone is 2. The van der Waals surface area contributed by atoms with Crippen LogP contribution in [0.15, 0.2) is 11.6 Å². The molecule has 0 aromatic rings. The van der Waals surface area contributed by atoms with Crippen molar-refractivity contribution >= 4 is 5.78 Å². The maximum atomic E-state index is 12.6. The number of carbonyl (C=O) groups is 1. The highest BCUT2D eigenvalue weighted by atomic mass is 16.5. The van der Waals surface area contributed by atoms with Gasteiger partial charge in [0.2, 0.25) is 0 Å². The van der Waals surface area contributed by atoms with E-state index in [0.29, 0.717) is 40.0 Å². The fraction of sp³-hybridized carbons (Fsp3) is 0.900. The SMILES string of the molecule is CO[C@@H]1CC[C@]2(C)[C@H]3CC[C@H]4C(=C[C@]3(C)CC[C@H]2C1(C)C)CC[C@H]1[C@H](C)C(=O)CC[C@]41C. The van der Waals surface area contributed by atoms with E-state index in [1.165, 1.54) is 51.4 Å². The van der Waals surface area contributed by atoms with E-state index in [1.54, 1.807) is 5.57 Å². The van der Waals surface area contributed by atoms with Gasteiger partial charge < -0.3 is 4.74 Å². The third-order valence-corrected chi connectivity index (χ3v) is 12.4. The third-order valence-electron chi connectivity index (χ3n) is 12.4. The van der Waals surface area contributed by atoms with E-state index in [9.17, 15) is 4.79 Å². The number of methoxy groups -OCH3 is 1. The van der Waals surface area contributed by atoms with Gasteiger partial charge in [0.25, 0.3) is 0 Å². The van der Waals surface area contributed by atoms with Gasteiger partial charge in [0, 0.05) is 19.4 Å². The molecule has 0 radical (unpaired) electrons. The van der Waals surface area contributed by atoms with E-state index in [-0.39, 0.29) is 11.3 Å². The Kier molecular flexibility index (Phi) is 5.37. The third kappa shape index (κ3) is 3.03. The number of rotatable bonds is 1. The summed E-state index contributed by atoms with van der Waals surface area (Å²) in [5, 5.41) is 0. The molecule has 0 bridgehead atoms. The number of hydrogen-bond acceptors (Lipinski definition) is 2. The molecule has 5 rings (SSSR count). The molecule has 9 atom stereocenters. The summed E-state index contributed by atoms with van der Waals surface area (Å²) >= 11 is 0. The molecule has 5 aliphatic rings. The quantitative estimate of drug-likeness (QED) is 0.392. The van der Waals surface area contributed by atoms with Crippen LogP contribution in [0, 0.1) is 51.2 Å². The number of fused-ring (bicyclic) bond motifs is 6. The summed E-state index contributed by atoms with van der Waals surface area (Å²) < 4.78 is 6.02. The molecular weight excluding hydrogens is 392 g/mol. The van der Waals surface area contributed by atoms with Crippen molar-refractivity contribution in [3.8, 4) is 0 Å². The molecule has 0 N–H and O–H groups in total. The van der Waals surface area contributed by atoms with E-state index >= 15 is 0 Å². The van der Waals surface area contributed by atoms with Crippen LogP contribution in [0.5, 0.6) is 0 Å². The first kappa shape index (κ1) is 23.1. The minimum atomic E-state index is 0.255. The average molecular weight is 441 g/mol. The second-order valence-corrected chi connectivity index (χ2v) is 14.0. The van der Waals surface area contributed by atoms with E-state index in [4.69, 9.17) is 4.74 Å². The first-order valence-electron chi connectivity index (χ1n) is 13.7. The van der Waals surface area contributed by atoms with Crippen LogP contribution in [0.25, 0.3) is 0 Å². The predicted molar refractivity (Wildman–Crippen MR) is 131 cm³/mol. The molecule has 180 valence electrons. The molecule has 0 amide bonds. The Hall–Kier alpha value is -0.630. The van der Waals surface area contributed by atoms with Crippen LogP contribution in [-0.4, -0.2) is 19.0 Å². The largest absolute Gasteiger partial charge is 0.381 e. The molecule has 0 saturated heterocycles. The Morgan fingerprint density at radius 2 is 1.59 bits per heavy atom. The fourth-order valence-electron chi connectivity index (χ4n) is 10.8. The Morgan fingerprint density at radius 1 is 0.844 bits per heavy atom. The molecule has 4 saturated carbocycles. The Bertz CT molecular complexity index is 810. The fourth-order valence-corrected chi connectivity index (χ4v) is 10.8. The summed E-state index contributed by atoms with van der Waals surface area (Å²) in [4.78, 5) is 12.6. The maximum Gasteiger partial charge on any atom is 0.136 e. The van der Waals surface area contributed by atoms with Gasteiger partial charge in [-0.1, -0.05) is 53.2 Å². The molecule has 0 aromatic carbocycles. The van der Waals surface area contributed by atoms with Crippen molar-refractivity contribution in [3.05, 3.63) is 11.6 Å². The van der Waals surface area contributed by atoms with Crippen LogP contribution >= 0.6 is 0 Å². The summed E-state index contributed by atoms with van der Waals surface area (Å²) in [6, 6.07) is 0. The second kappa shape index (κ2) is 7.43. The highest BCUT2D eigenvalue weighted by molar-refractivity contribution is 5.82. The molecule has 0 spiro atoms. The van der Waals surface area contributed by atoms with Crippen molar-refractivity contribution in [2.24, 2.45) is 51.2 Å². The lowest BCUT2D eigenvalue weighted by molar-refractivity contribution is -0.171. The first-order valence-corrected chi connectivity index (χ1v) is 13.7. The Balaban J connectivity index is 1.50. The lowest BCUT2D eigenvalue weighted by Crippen LogP contribution is -2.58. The van der Waals surface area contributed by atoms with Gasteiger partial charge in [-0.15, -0.1) is 0 Å². The zero-order valence-electron chi connectivity index (χ0n) is 21.9. The standard InChI is InChI=1S/C30H48O2/c1-19-21-9-8-20-18-28(4)15-13-24-27(2,3)26(32-7)14-17-30(24,6)25(28)11-10-22(20)29(21,5)16-12-23(19)31/h18-19,21-22,24-26H,8-17H2,1-7H3/t19-,21-,22-,24-,25-,26+,28-,29-,30-/m0/s1. The molecule has 2 heteroatoms. The highest BCUT2D eigenvalue weighted by Crippen LogP contribution is 2.68. The molecule has 0 heterocycles. The molecule has 32 heavy (non-hydrogen) atoms. The molecule has 5 aliphatic carbocycles. The molecule has 0 unspecified atom stereocenters. The lowest BCUT2D eigenvalue weighted by Gasteiger charge is -2.63. The van der Waals surface area contributed by atoms with Gasteiger partial charge in [0.1, 0.15) is 5.78 Å². The highest BCUT2D eigenvalue weighted by Gasteiger charge is 2.61. The van der Waals surface area contributed by atoms with E-state index in [0.717, 1.165) is 24.7 Å². The summed E-state index contributed by atoms with van der Waals surface area (Å²) in [6.07, 6.45) is 15.5. The van der Waals surface area contributed by atoms with Gasteiger partial charge in [0.15, 0.2) is 0 Å². The van der Waals surface area contributed by atoms with Crippen molar-refractivity contribution in [2.75, 3.05) is 7.11 Å². The zero-order chi connectivity index (χ0) is 23.1. The van der Waals surface area contributed by atoms with Crippen molar-refractivity contribution in [3.63, 3.8) is 0 Å². The topological polar surface area (TPSA) is 26.3 Å². The van der Waals surface area contributed by atoms with Gasteiger partial charge in [-0.2, -0.15) is 0 Å². The Morgan fingerprint density at radius 3 is 2.31 bits per heavy atom. The number of carbonyl (C=O) groups excluding carboxylic acids is 1. The summed E-state index contributed by atoms with van der Waals surface area (Å²) in [7, 11) is 1.93. The van der Waals surface area contributed by atoms with Crippen LogP contribution in [0.4, 0.5) is 0 Å².